The number of hydrogen-bond donors (Lipinski definition) is 3. The fourth-order valence-corrected chi connectivity index (χ4v) is 5.52. The topological polar surface area (TPSA) is 142 Å². The molecular weight excluding hydrogens is 608 g/mol. The standard InChI is InChI=1S/C35H33F2N5O5/c1-3-47-32-22(18-29(38)43)17-28(40-31(32)21-9-11-26(36)12-10-21)35(45,25-7-5-4-6-8-25)20-39-33(44)23-15-24-19-42(34(37)13-14-34)41-30(24)27(16-23)46-2/h4-12,15-17,19,45H,3,13-14,18,20H2,1-2H3,(H2,38,43)(H,39,44). The number of nitrogens with one attached hydrogen (secondary N) is 1. The summed E-state index contributed by atoms with van der Waals surface area (Å²) in [7, 11) is 1.44. The first-order chi connectivity index (χ1) is 22.5. The van der Waals surface area contributed by atoms with Crippen molar-refractivity contribution in [3.8, 4) is 22.8 Å². The highest BCUT2D eigenvalue weighted by Crippen LogP contribution is 2.45. The number of carbonyl (C=O) groups excluding carboxylic acids is 2. The third kappa shape index (κ3) is 6.24. The third-order valence-electron chi connectivity index (χ3n) is 8.13. The molecule has 2 aromatic heterocycles. The van der Waals surface area contributed by atoms with Crippen LogP contribution in [0.2, 0.25) is 0 Å². The molecule has 12 heteroatoms. The minimum atomic E-state index is -1.92. The van der Waals surface area contributed by atoms with Crippen molar-refractivity contribution in [3.05, 3.63) is 107 Å². The molecular formula is C35H33F2N5O5. The number of methoxy groups -OCH3 is 1. The predicted molar refractivity (Wildman–Crippen MR) is 170 cm³/mol. The molecule has 3 aromatic carbocycles. The predicted octanol–water partition coefficient (Wildman–Crippen LogP) is 4.75. The molecule has 2 heterocycles. The number of fused-ring (bicyclic) bond motifs is 1. The number of carbonyl (C=O) groups is 2. The second kappa shape index (κ2) is 12.4. The Bertz CT molecular complexity index is 1960. The minimum absolute atomic E-state index is 0.0926. The van der Waals surface area contributed by atoms with Gasteiger partial charge in [-0.2, -0.15) is 5.10 Å². The van der Waals surface area contributed by atoms with Crippen molar-refractivity contribution < 1.29 is 33.0 Å². The van der Waals surface area contributed by atoms with Gasteiger partial charge in [-0.3, -0.25) is 9.59 Å². The number of alkyl halides is 1. The number of amides is 2. The van der Waals surface area contributed by atoms with E-state index in [1.165, 1.54) is 48.2 Å². The van der Waals surface area contributed by atoms with Crippen LogP contribution in [0.1, 0.15) is 46.9 Å². The zero-order valence-electron chi connectivity index (χ0n) is 25.8. The summed E-state index contributed by atoms with van der Waals surface area (Å²) in [5.74, 6) is -2.62. The first kappa shape index (κ1) is 31.6. The molecule has 2 amide bonds. The monoisotopic (exact) mass is 641 g/mol. The Labute approximate surface area is 269 Å². The Morgan fingerprint density at radius 3 is 2.47 bits per heavy atom. The Hall–Kier alpha value is -5.36. The molecule has 1 saturated carbocycles. The summed E-state index contributed by atoms with van der Waals surface area (Å²) in [4.78, 5) is 30.6. The Kier molecular flexibility index (Phi) is 8.37. The van der Waals surface area contributed by atoms with Crippen molar-refractivity contribution in [1.29, 1.82) is 0 Å². The SMILES string of the molecule is CCOc1c(CC(N)=O)cc(C(O)(CNC(=O)c2cc(OC)c3nn(C4(F)CC4)cc3c2)c2ccccc2)nc1-c1ccc(F)cc1. The van der Waals surface area contributed by atoms with Gasteiger partial charge in [-0.25, -0.2) is 18.4 Å². The van der Waals surface area contributed by atoms with Crippen molar-refractivity contribution in [2.24, 2.45) is 5.73 Å². The van der Waals surface area contributed by atoms with Crippen LogP contribution < -0.4 is 20.5 Å². The molecule has 47 heavy (non-hydrogen) atoms. The Balaban J connectivity index is 1.42. The lowest BCUT2D eigenvalue weighted by Crippen LogP contribution is -2.42. The number of halogens is 2. The lowest BCUT2D eigenvalue weighted by molar-refractivity contribution is -0.117. The molecule has 1 aliphatic carbocycles. The van der Waals surface area contributed by atoms with Crippen molar-refractivity contribution in [1.82, 2.24) is 20.1 Å². The van der Waals surface area contributed by atoms with Crippen LogP contribution in [0, 0.1) is 5.82 Å². The summed E-state index contributed by atoms with van der Waals surface area (Å²) in [6.07, 6.45) is 2.03. The highest BCUT2D eigenvalue weighted by molar-refractivity contribution is 6.00. The van der Waals surface area contributed by atoms with Crippen molar-refractivity contribution >= 4 is 22.7 Å². The number of hydrogen-bond acceptors (Lipinski definition) is 7. The maximum atomic E-state index is 14.8. The third-order valence-corrected chi connectivity index (χ3v) is 8.13. The smallest absolute Gasteiger partial charge is 0.251 e. The first-order valence-corrected chi connectivity index (χ1v) is 15.1. The lowest BCUT2D eigenvalue weighted by atomic mass is 9.87. The second-order valence-corrected chi connectivity index (χ2v) is 11.4. The summed E-state index contributed by atoms with van der Waals surface area (Å²) < 4.78 is 41.3. The van der Waals surface area contributed by atoms with Gasteiger partial charge >= 0.3 is 0 Å². The molecule has 4 N–H and O–H groups in total. The zero-order chi connectivity index (χ0) is 33.3. The molecule has 0 radical (unpaired) electrons. The van der Waals surface area contributed by atoms with E-state index in [0.29, 0.717) is 46.2 Å². The van der Waals surface area contributed by atoms with Crippen LogP contribution in [0.25, 0.3) is 22.2 Å². The normalized spacial score (nSPS) is 14.7. The van der Waals surface area contributed by atoms with Crippen LogP contribution in [0.3, 0.4) is 0 Å². The number of aliphatic hydroxyl groups is 1. The average Bonchev–Trinajstić information content (AvgIpc) is 3.66. The lowest BCUT2D eigenvalue weighted by Gasteiger charge is -2.30. The van der Waals surface area contributed by atoms with Gasteiger partial charge in [0.05, 0.1) is 32.4 Å². The van der Waals surface area contributed by atoms with E-state index >= 15 is 0 Å². The Morgan fingerprint density at radius 1 is 1.11 bits per heavy atom. The molecule has 10 nitrogen and oxygen atoms in total. The number of nitrogens with two attached hydrogens (primary N) is 1. The quantitative estimate of drug-likeness (QED) is 0.179. The van der Waals surface area contributed by atoms with Gasteiger partial charge in [0.25, 0.3) is 5.91 Å². The summed E-state index contributed by atoms with van der Waals surface area (Å²) in [6.45, 7) is 1.66. The van der Waals surface area contributed by atoms with Crippen molar-refractivity contribution in [3.63, 3.8) is 0 Å². The first-order valence-electron chi connectivity index (χ1n) is 15.1. The maximum Gasteiger partial charge on any atom is 0.251 e. The van der Waals surface area contributed by atoms with Gasteiger partial charge in [-0.05, 0) is 55.0 Å². The van der Waals surface area contributed by atoms with Crippen LogP contribution in [0.4, 0.5) is 8.78 Å². The van der Waals surface area contributed by atoms with Gasteiger partial charge in [0.2, 0.25) is 11.7 Å². The summed E-state index contributed by atoms with van der Waals surface area (Å²) in [6, 6.07) is 18.8. The average molecular weight is 642 g/mol. The molecule has 1 atom stereocenters. The summed E-state index contributed by atoms with van der Waals surface area (Å²) in [5.41, 5.74) is 5.89. The molecule has 1 aliphatic rings. The van der Waals surface area contributed by atoms with E-state index in [4.69, 9.17) is 20.2 Å². The number of benzene rings is 3. The number of primary amides is 1. The van der Waals surface area contributed by atoms with E-state index in [2.05, 4.69) is 10.4 Å². The molecule has 6 rings (SSSR count). The highest BCUT2D eigenvalue weighted by atomic mass is 19.1. The minimum Gasteiger partial charge on any atom is -0.494 e. The van der Waals surface area contributed by atoms with Gasteiger partial charge in [0.1, 0.15) is 34.1 Å². The van der Waals surface area contributed by atoms with E-state index in [1.807, 2.05) is 0 Å². The fourth-order valence-electron chi connectivity index (χ4n) is 5.52. The molecule has 0 bridgehead atoms. The molecule has 0 saturated heterocycles. The Morgan fingerprint density at radius 2 is 1.83 bits per heavy atom. The number of ether oxygens (including phenoxy) is 2. The van der Waals surface area contributed by atoms with Crippen molar-refractivity contribution in [2.75, 3.05) is 20.3 Å². The van der Waals surface area contributed by atoms with E-state index in [0.717, 1.165) is 0 Å². The van der Waals surface area contributed by atoms with Crippen LogP contribution >= 0.6 is 0 Å². The van der Waals surface area contributed by atoms with E-state index in [9.17, 15) is 23.5 Å². The molecule has 0 aliphatic heterocycles. The van der Waals surface area contributed by atoms with Gasteiger partial charge in [0.15, 0.2) is 0 Å². The van der Waals surface area contributed by atoms with E-state index < -0.39 is 29.0 Å². The number of nitrogens with zero attached hydrogens (tertiary/aromatic N) is 3. The van der Waals surface area contributed by atoms with Gasteiger partial charge in [-0.1, -0.05) is 30.3 Å². The second-order valence-electron chi connectivity index (χ2n) is 11.4. The van der Waals surface area contributed by atoms with Gasteiger partial charge in [0, 0.05) is 41.1 Å². The van der Waals surface area contributed by atoms with Crippen LogP contribution in [0.15, 0.2) is 79.0 Å². The number of pyridine rings is 1. The van der Waals surface area contributed by atoms with Crippen LogP contribution in [-0.2, 0) is 22.6 Å². The molecule has 0 spiro atoms. The molecule has 1 unspecified atom stereocenters. The highest BCUT2D eigenvalue weighted by Gasteiger charge is 2.46. The van der Waals surface area contributed by atoms with E-state index in [-0.39, 0.29) is 42.3 Å². The van der Waals surface area contributed by atoms with Gasteiger partial charge in [-0.15, -0.1) is 0 Å². The van der Waals surface area contributed by atoms with Crippen molar-refractivity contribution in [2.45, 2.75) is 37.6 Å². The number of aromatic nitrogens is 3. The van der Waals surface area contributed by atoms with Crippen LogP contribution in [-0.4, -0.2) is 51.9 Å². The summed E-state index contributed by atoms with van der Waals surface area (Å²) >= 11 is 0. The van der Waals surface area contributed by atoms with E-state index in [1.54, 1.807) is 49.5 Å². The molecule has 1 fully saturated rings. The molecule has 5 aromatic rings. The summed E-state index contributed by atoms with van der Waals surface area (Å²) in [5, 5.41) is 20.1. The number of rotatable bonds is 12. The van der Waals surface area contributed by atoms with Crippen LogP contribution in [0.5, 0.6) is 11.5 Å². The van der Waals surface area contributed by atoms with Gasteiger partial charge < -0.3 is 25.6 Å². The zero-order valence-corrected chi connectivity index (χ0v) is 25.8. The fraction of sp³-hybridized carbons (Fsp3) is 0.257. The molecule has 242 valence electrons. The maximum absolute atomic E-state index is 14.8. The largest absolute Gasteiger partial charge is 0.494 e.